The minimum atomic E-state index is -0.286. The maximum absolute atomic E-state index is 13.5. The average Bonchev–Trinajstić information content (AvgIpc) is 3.24. The number of pyridine rings is 1. The number of aliphatic hydroxyl groups excluding tert-OH is 1. The first-order valence-electron chi connectivity index (χ1n) is 12.8. The van der Waals surface area contributed by atoms with Crippen molar-refractivity contribution in [2.24, 2.45) is 0 Å². The minimum absolute atomic E-state index is 0.0761. The van der Waals surface area contributed by atoms with Crippen LogP contribution in [-0.4, -0.2) is 34.2 Å². The lowest BCUT2D eigenvalue weighted by molar-refractivity contribution is -0.121. The van der Waals surface area contributed by atoms with Gasteiger partial charge in [-0.1, -0.05) is 18.2 Å². The molecule has 1 saturated carbocycles. The number of aromatic nitrogens is 1. The maximum Gasteiger partial charge on any atom is 0.331 e. The predicted molar refractivity (Wildman–Crippen MR) is 149 cm³/mol. The summed E-state index contributed by atoms with van der Waals surface area (Å²) in [6.45, 7) is 1.95. The summed E-state index contributed by atoms with van der Waals surface area (Å²) < 4.78 is 5.96. The van der Waals surface area contributed by atoms with Crippen LogP contribution in [0.15, 0.2) is 60.8 Å². The summed E-state index contributed by atoms with van der Waals surface area (Å²) >= 11 is 1.43. The van der Waals surface area contributed by atoms with Gasteiger partial charge in [0, 0.05) is 17.1 Å². The van der Waals surface area contributed by atoms with Crippen LogP contribution in [0.2, 0.25) is 0 Å². The molecule has 1 aliphatic heterocycles. The Morgan fingerprint density at radius 1 is 1.11 bits per heavy atom. The van der Waals surface area contributed by atoms with E-state index in [1.807, 2.05) is 61.5 Å². The highest BCUT2D eigenvalue weighted by Crippen LogP contribution is 2.46. The van der Waals surface area contributed by atoms with E-state index in [0.717, 1.165) is 50.6 Å². The van der Waals surface area contributed by atoms with Crippen LogP contribution in [0.1, 0.15) is 36.1 Å². The van der Waals surface area contributed by atoms with Gasteiger partial charge in [-0.2, -0.15) is 0 Å². The Balaban J connectivity index is 1.27. The van der Waals surface area contributed by atoms with Gasteiger partial charge in [-0.15, -0.1) is 11.3 Å². The van der Waals surface area contributed by atoms with Crippen molar-refractivity contribution < 1.29 is 19.4 Å². The smallest absolute Gasteiger partial charge is 0.331 e. The van der Waals surface area contributed by atoms with Crippen molar-refractivity contribution in [1.29, 1.82) is 0 Å². The number of thiophene rings is 1. The number of nitrogens with one attached hydrogen (secondary N) is 2. The standard InChI is InChI=1S/C29H28N4O4S/c1-17-15-21(37-20-5-3-2-4-6-20)11-12-22(17)33-23-13-14-30-28-26(23)27(32-29(33)36)24(38-28)16-25(35)31-18-7-9-19(34)10-8-18/h2-6,11-15,18-19,34H,7-10,16H2,1H3,(H,31,35)(H,32,36). The molecule has 2 aliphatic rings. The number of anilines is 3. The second-order valence-electron chi connectivity index (χ2n) is 9.79. The third-order valence-corrected chi connectivity index (χ3v) is 8.19. The number of carbonyl (C=O) groups excluding carboxylic acids is 2. The molecule has 0 saturated heterocycles. The SMILES string of the molecule is Cc1cc(Oc2ccccc2)ccc1N1C(=O)Nc2c(CC(=O)NC3CCC(O)CC3)sc3nccc1c23. The Hall–Kier alpha value is -3.95. The van der Waals surface area contributed by atoms with Crippen molar-refractivity contribution in [3.63, 3.8) is 0 Å². The Morgan fingerprint density at radius 3 is 2.66 bits per heavy atom. The molecule has 3 amide bonds. The van der Waals surface area contributed by atoms with Crippen LogP contribution in [0.5, 0.6) is 11.5 Å². The number of rotatable bonds is 6. The summed E-state index contributed by atoms with van der Waals surface area (Å²) in [6.07, 6.45) is 4.56. The van der Waals surface area contributed by atoms with Crippen LogP contribution < -0.4 is 20.3 Å². The summed E-state index contributed by atoms with van der Waals surface area (Å²) in [5, 5.41) is 16.7. The number of aryl methyl sites for hydroxylation is 1. The molecule has 4 aromatic rings. The molecule has 0 unspecified atom stereocenters. The van der Waals surface area contributed by atoms with Crippen molar-refractivity contribution in [1.82, 2.24) is 10.3 Å². The van der Waals surface area contributed by atoms with Crippen molar-refractivity contribution in [2.75, 3.05) is 10.2 Å². The van der Waals surface area contributed by atoms with Crippen LogP contribution in [-0.2, 0) is 11.2 Å². The Labute approximate surface area is 224 Å². The number of hydrogen-bond donors (Lipinski definition) is 3. The van der Waals surface area contributed by atoms with Gasteiger partial charge in [0.1, 0.15) is 16.3 Å². The van der Waals surface area contributed by atoms with Crippen LogP contribution in [0.3, 0.4) is 0 Å². The predicted octanol–water partition coefficient (Wildman–Crippen LogP) is 6.04. The Morgan fingerprint density at radius 2 is 1.89 bits per heavy atom. The van der Waals surface area contributed by atoms with E-state index >= 15 is 0 Å². The molecular weight excluding hydrogens is 500 g/mol. The molecule has 8 nitrogen and oxygen atoms in total. The second-order valence-corrected chi connectivity index (χ2v) is 10.9. The number of benzene rings is 2. The fourth-order valence-electron chi connectivity index (χ4n) is 5.22. The molecule has 9 heteroatoms. The third kappa shape index (κ3) is 4.70. The van der Waals surface area contributed by atoms with Crippen molar-refractivity contribution in [2.45, 2.75) is 51.2 Å². The number of hydrogen-bond acceptors (Lipinski definition) is 6. The number of nitrogens with zero attached hydrogens (tertiary/aromatic N) is 2. The Bertz CT molecular complexity index is 1510. The first kappa shape index (κ1) is 24.4. The molecular formula is C29H28N4O4S. The van der Waals surface area contributed by atoms with Gasteiger partial charge in [-0.25, -0.2) is 9.78 Å². The summed E-state index contributed by atoms with van der Waals surface area (Å²) in [5.74, 6) is 1.34. The van der Waals surface area contributed by atoms with Gasteiger partial charge in [0.05, 0.1) is 35.0 Å². The van der Waals surface area contributed by atoms with Crippen molar-refractivity contribution >= 4 is 50.6 Å². The lowest BCUT2D eigenvalue weighted by Crippen LogP contribution is -2.39. The molecule has 0 spiro atoms. The normalized spacial score (nSPS) is 18.8. The van der Waals surface area contributed by atoms with Crippen molar-refractivity contribution in [3.8, 4) is 11.5 Å². The van der Waals surface area contributed by atoms with Crippen LogP contribution >= 0.6 is 11.3 Å². The van der Waals surface area contributed by atoms with E-state index in [-0.39, 0.29) is 30.5 Å². The van der Waals surface area contributed by atoms with Crippen molar-refractivity contribution in [3.05, 3.63) is 71.2 Å². The summed E-state index contributed by atoms with van der Waals surface area (Å²) in [6, 6.07) is 16.8. The number of para-hydroxylation sites is 1. The van der Waals surface area contributed by atoms with Gasteiger partial charge in [0.2, 0.25) is 5.91 Å². The fourth-order valence-corrected chi connectivity index (χ4v) is 6.33. The molecule has 0 atom stereocenters. The van der Waals surface area contributed by atoms with E-state index in [1.165, 1.54) is 11.3 Å². The zero-order valence-corrected chi connectivity index (χ0v) is 21.8. The number of carbonyl (C=O) groups is 2. The highest BCUT2D eigenvalue weighted by Gasteiger charge is 2.32. The number of aliphatic hydroxyl groups is 1. The fraction of sp³-hybridized carbons (Fsp3) is 0.276. The molecule has 2 aromatic heterocycles. The molecule has 1 fully saturated rings. The first-order valence-corrected chi connectivity index (χ1v) is 13.6. The van der Waals surface area contributed by atoms with Crippen LogP contribution in [0, 0.1) is 6.92 Å². The molecule has 1 aliphatic carbocycles. The third-order valence-electron chi connectivity index (χ3n) is 7.09. The van der Waals surface area contributed by atoms with Crippen LogP contribution in [0.4, 0.5) is 21.9 Å². The van der Waals surface area contributed by atoms with E-state index in [4.69, 9.17) is 4.74 Å². The van der Waals surface area contributed by atoms with Gasteiger partial charge in [-0.3, -0.25) is 9.69 Å². The Kier molecular flexibility index (Phi) is 6.47. The molecule has 194 valence electrons. The van der Waals surface area contributed by atoms with E-state index < -0.39 is 0 Å². The van der Waals surface area contributed by atoms with Crippen LogP contribution in [0.25, 0.3) is 10.2 Å². The molecule has 0 radical (unpaired) electrons. The molecule has 2 aromatic carbocycles. The lowest BCUT2D eigenvalue weighted by Gasteiger charge is -2.30. The molecule has 6 rings (SSSR count). The largest absolute Gasteiger partial charge is 0.457 e. The zero-order chi connectivity index (χ0) is 26.2. The van der Waals surface area contributed by atoms with Gasteiger partial charge in [-0.05, 0) is 74.6 Å². The van der Waals surface area contributed by atoms with E-state index in [9.17, 15) is 14.7 Å². The first-order chi connectivity index (χ1) is 18.5. The molecule has 38 heavy (non-hydrogen) atoms. The minimum Gasteiger partial charge on any atom is -0.457 e. The van der Waals surface area contributed by atoms with Gasteiger partial charge in [0.25, 0.3) is 0 Å². The number of urea groups is 1. The van der Waals surface area contributed by atoms with Gasteiger partial charge in [0.15, 0.2) is 0 Å². The highest BCUT2D eigenvalue weighted by molar-refractivity contribution is 7.19. The zero-order valence-electron chi connectivity index (χ0n) is 20.9. The summed E-state index contributed by atoms with van der Waals surface area (Å²) in [7, 11) is 0. The van der Waals surface area contributed by atoms with E-state index in [0.29, 0.717) is 24.3 Å². The van der Waals surface area contributed by atoms with E-state index in [1.54, 1.807) is 11.1 Å². The quantitative estimate of drug-likeness (QED) is 0.283. The number of ether oxygens (including phenoxy) is 1. The lowest BCUT2D eigenvalue weighted by atomic mass is 9.93. The summed E-state index contributed by atoms with van der Waals surface area (Å²) in [5.41, 5.74) is 3.02. The molecule has 0 bridgehead atoms. The van der Waals surface area contributed by atoms with Gasteiger partial charge < -0.3 is 20.5 Å². The summed E-state index contributed by atoms with van der Waals surface area (Å²) in [4.78, 5) is 34.1. The monoisotopic (exact) mass is 528 g/mol. The second kappa shape index (κ2) is 10.1. The van der Waals surface area contributed by atoms with Gasteiger partial charge >= 0.3 is 6.03 Å². The number of amides is 3. The average molecular weight is 529 g/mol. The molecule has 3 N–H and O–H groups in total. The van der Waals surface area contributed by atoms with E-state index in [2.05, 4.69) is 15.6 Å². The molecule has 3 heterocycles. The maximum atomic E-state index is 13.5. The topological polar surface area (TPSA) is 104 Å². The highest BCUT2D eigenvalue weighted by atomic mass is 32.1.